The van der Waals surface area contributed by atoms with Crippen LogP contribution in [0.5, 0.6) is 0 Å². The quantitative estimate of drug-likeness (QED) is 0.390. The molecule has 1 aliphatic rings. The molecule has 0 saturated carbocycles. The molecule has 3 rings (SSSR count). The third kappa shape index (κ3) is 8.03. The second kappa shape index (κ2) is 13.4. The molecule has 224 valence electrons. The number of aliphatic hydroxyl groups excluding tert-OH is 1. The third-order valence-electron chi connectivity index (χ3n) is 7.42. The third-order valence-corrected chi connectivity index (χ3v) is 7.42. The van der Waals surface area contributed by atoms with Gasteiger partial charge >= 0.3 is 5.97 Å². The molecule has 0 bridgehead atoms. The molecule has 1 heterocycles. The van der Waals surface area contributed by atoms with Crippen LogP contribution in [0.2, 0.25) is 0 Å². The number of carbonyl (C=O) groups is 3. The first-order valence-electron chi connectivity index (χ1n) is 14.0. The monoisotopic (exact) mass is 573 g/mol. The molecule has 2 amide bonds. The van der Waals surface area contributed by atoms with Crippen molar-refractivity contribution in [3.63, 3.8) is 0 Å². The second-order valence-corrected chi connectivity index (χ2v) is 11.4. The van der Waals surface area contributed by atoms with Crippen molar-refractivity contribution in [3.8, 4) is 0 Å². The topological polar surface area (TPSA) is 99.2 Å². The molecule has 8 nitrogen and oxygen atoms in total. The van der Waals surface area contributed by atoms with E-state index in [1.807, 2.05) is 38.1 Å². The summed E-state index contributed by atoms with van der Waals surface area (Å²) in [5.74, 6) is -2.64. The Bertz CT molecular complexity index is 1230. The molecule has 0 unspecified atom stereocenters. The van der Waals surface area contributed by atoms with Crippen LogP contribution < -0.4 is 10.2 Å². The lowest BCUT2D eigenvalue weighted by Crippen LogP contribution is -2.59. The first kappa shape index (κ1) is 32.0. The molecule has 2 aromatic rings. The van der Waals surface area contributed by atoms with Crippen LogP contribution in [-0.2, 0) is 24.7 Å². The Hall–Kier alpha value is -3.53. The molecular formula is C31H41F2N3O5. The molecule has 0 aromatic heterocycles. The fraction of sp³-hybridized carbons (Fsp3) is 0.516. The van der Waals surface area contributed by atoms with Crippen LogP contribution >= 0.6 is 0 Å². The zero-order valence-corrected chi connectivity index (χ0v) is 24.6. The van der Waals surface area contributed by atoms with Crippen molar-refractivity contribution in [1.29, 1.82) is 0 Å². The summed E-state index contributed by atoms with van der Waals surface area (Å²) in [6.45, 7) is 10.3. The molecule has 2 aromatic carbocycles. The molecule has 0 spiro atoms. The maximum atomic E-state index is 14.6. The van der Waals surface area contributed by atoms with Crippen molar-refractivity contribution in [2.24, 2.45) is 0 Å². The zero-order chi connectivity index (χ0) is 30.5. The summed E-state index contributed by atoms with van der Waals surface area (Å²) in [7, 11) is 0. The van der Waals surface area contributed by atoms with E-state index in [-0.39, 0.29) is 55.6 Å². The number of ether oxygens (including phenoxy) is 1. The number of nitrogens with one attached hydrogen (secondary N) is 1. The number of amides is 2. The van der Waals surface area contributed by atoms with Crippen molar-refractivity contribution >= 4 is 23.5 Å². The summed E-state index contributed by atoms with van der Waals surface area (Å²) in [6, 6.07) is 10.1. The lowest BCUT2D eigenvalue weighted by molar-refractivity contribution is -0.154. The fourth-order valence-corrected chi connectivity index (χ4v) is 5.32. The lowest BCUT2D eigenvalue weighted by Gasteiger charge is -2.50. The highest BCUT2D eigenvalue weighted by Gasteiger charge is 2.46. The molecule has 2 N–H and O–H groups in total. The summed E-state index contributed by atoms with van der Waals surface area (Å²) >= 11 is 0. The molecule has 0 radical (unpaired) electrons. The number of halogens is 2. The van der Waals surface area contributed by atoms with E-state index in [4.69, 9.17) is 4.74 Å². The predicted molar refractivity (Wildman–Crippen MR) is 152 cm³/mol. The van der Waals surface area contributed by atoms with Gasteiger partial charge < -0.3 is 25.0 Å². The van der Waals surface area contributed by atoms with Gasteiger partial charge in [-0.05, 0) is 56.4 Å². The van der Waals surface area contributed by atoms with Crippen molar-refractivity contribution in [2.45, 2.75) is 84.1 Å². The van der Waals surface area contributed by atoms with E-state index in [2.05, 4.69) is 5.32 Å². The summed E-state index contributed by atoms with van der Waals surface area (Å²) in [6.07, 6.45) is -1.30. The smallest absolute Gasteiger partial charge is 0.325 e. The van der Waals surface area contributed by atoms with Crippen LogP contribution in [0.15, 0.2) is 42.5 Å². The lowest BCUT2D eigenvalue weighted by atomic mass is 9.77. The molecule has 3 atom stereocenters. The Morgan fingerprint density at radius 2 is 1.76 bits per heavy atom. The van der Waals surface area contributed by atoms with E-state index < -0.39 is 35.3 Å². The number of anilines is 1. The van der Waals surface area contributed by atoms with E-state index in [0.29, 0.717) is 6.42 Å². The maximum absolute atomic E-state index is 14.6. The van der Waals surface area contributed by atoms with E-state index in [9.17, 15) is 28.3 Å². The summed E-state index contributed by atoms with van der Waals surface area (Å²) in [4.78, 5) is 40.9. The van der Waals surface area contributed by atoms with Crippen molar-refractivity contribution in [3.05, 3.63) is 65.2 Å². The first-order chi connectivity index (χ1) is 19.2. The van der Waals surface area contributed by atoms with Gasteiger partial charge in [0.15, 0.2) is 0 Å². The van der Waals surface area contributed by atoms with E-state index in [1.54, 1.807) is 25.7 Å². The highest BCUT2D eigenvalue weighted by molar-refractivity contribution is 5.84. The van der Waals surface area contributed by atoms with Crippen molar-refractivity contribution in [2.75, 3.05) is 24.5 Å². The zero-order valence-electron chi connectivity index (χ0n) is 24.6. The number of nitrogens with zero attached hydrogens (tertiary/aromatic N) is 2. The Labute approximate surface area is 240 Å². The Morgan fingerprint density at radius 1 is 1.10 bits per heavy atom. The van der Waals surface area contributed by atoms with Gasteiger partial charge in [0.25, 0.3) is 0 Å². The van der Waals surface area contributed by atoms with Crippen molar-refractivity contribution < 1.29 is 33.0 Å². The van der Waals surface area contributed by atoms with Gasteiger partial charge in [-0.3, -0.25) is 14.4 Å². The van der Waals surface area contributed by atoms with Gasteiger partial charge in [-0.25, -0.2) is 8.78 Å². The standard InChI is InChI=1S/C31H41F2N3O5/c1-19(2)23-8-7-9-24(12-23)31(10-11-35(29(39)16-31)18-30(40)41-20(3)4)36(17-28(38)21(5)34-22(6)37)27-14-25(32)13-26(33)15-27/h7-9,12-15,19-21,28,38H,10-11,16-18H2,1-6H3,(H,34,37)/t21-,28+,31+/m0/s1. The van der Waals surface area contributed by atoms with Gasteiger partial charge in [0, 0.05) is 31.8 Å². The number of hydrogen-bond donors (Lipinski definition) is 2. The summed E-state index contributed by atoms with van der Waals surface area (Å²) in [5, 5.41) is 13.9. The van der Waals surface area contributed by atoms with Crippen LogP contribution in [-0.4, -0.2) is 65.7 Å². The number of piperidine rings is 1. The van der Waals surface area contributed by atoms with Crippen molar-refractivity contribution in [1.82, 2.24) is 10.2 Å². The molecule has 1 saturated heterocycles. The normalized spacial score (nSPS) is 18.8. The number of benzene rings is 2. The van der Waals surface area contributed by atoms with Crippen LogP contribution in [0.4, 0.5) is 14.5 Å². The molecular weight excluding hydrogens is 532 g/mol. The predicted octanol–water partition coefficient (Wildman–Crippen LogP) is 4.25. The van der Waals surface area contributed by atoms with Crippen LogP contribution in [0, 0.1) is 11.6 Å². The van der Waals surface area contributed by atoms with Crippen LogP contribution in [0.1, 0.15) is 71.4 Å². The summed E-state index contributed by atoms with van der Waals surface area (Å²) < 4.78 is 34.4. The van der Waals surface area contributed by atoms with Gasteiger partial charge in [0.2, 0.25) is 11.8 Å². The minimum atomic E-state index is -1.15. The summed E-state index contributed by atoms with van der Waals surface area (Å²) in [5.41, 5.74) is 0.768. The number of hydrogen-bond acceptors (Lipinski definition) is 6. The fourth-order valence-electron chi connectivity index (χ4n) is 5.32. The average Bonchev–Trinajstić information content (AvgIpc) is 2.87. The SMILES string of the molecule is CC(=O)N[C@@H](C)[C@H](O)CN(c1cc(F)cc(F)c1)[C@]1(c2cccc(C(C)C)c2)CCN(CC(=O)OC(C)C)C(=O)C1. The highest BCUT2D eigenvalue weighted by Crippen LogP contribution is 2.43. The highest BCUT2D eigenvalue weighted by atomic mass is 19.1. The van der Waals surface area contributed by atoms with Gasteiger partial charge in [-0.15, -0.1) is 0 Å². The van der Waals surface area contributed by atoms with Gasteiger partial charge in [-0.2, -0.15) is 0 Å². The molecule has 0 aliphatic carbocycles. The molecule has 1 fully saturated rings. The number of rotatable bonds is 11. The number of aliphatic hydroxyl groups is 1. The molecule has 1 aliphatic heterocycles. The second-order valence-electron chi connectivity index (χ2n) is 11.4. The maximum Gasteiger partial charge on any atom is 0.325 e. The van der Waals surface area contributed by atoms with Crippen LogP contribution in [0.25, 0.3) is 0 Å². The minimum Gasteiger partial charge on any atom is -0.462 e. The molecule has 10 heteroatoms. The average molecular weight is 574 g/mol. The van der Waals surface area contributed by atoms with E-state index in [1.165, 1.54) is 24.0 Å². The Morgan fingerprint density at radius 3 is 2.32 bits per heavy atom. The van der Waals surface area contributed by atoms with E-state index in [0.717, 1.165) is 17.2 Å². The van der Waals surface area contributed by atoms with Gasteiger partial charge in [-0.1, -0.05) is 38.1 Å². The molecule has 41 heavy (non-hydrogen) atoms. The first-order valence-corrected chi connectivity index (χ1v) is 14.0. The number of esters is 1. The minimum absolute atomic E-state index is 0.122. The van der Waals surface area contributed by atoms with Crippen LogP contribution in [0.3, 0.4) is 0 Å². The Balaban J connectivity index is 2.15. The van der Waals surface area contributed by atoms with Gasteiger partial charge in [0.1, 0.15) is 18.2 Å². The largest absolute Gasteiger partial charge is 0.462 e. The van der Waals surface area contributed by atoms with Gasteiger partial charge in [0.05, 0.1) is 30.2 Å². The Kier molecular flexibility index (Phi) is 10.5. The number of carbonyl (C=O) groups excluding carboxylic acids is 3. The van der Waals surface area contributed by atoms with E-state index >= 15 is 0 Å². The number of likely N-dealkylation sites (tertiary alicyclic amines) is 1.